The van der Waals surface area contributed by atoms with Gasteiger partial charge in [-0.05, 0) is 43.3 Å². The number of aryl methyl sites for hydroxylation is 1. The molecule has 0 aliphatic carbocycles. The van der Waals surface area contributed by atoms with E-state index in [2.05, 4.69) is 31.9 Å². The molecule has 0 aliphatic heterocycles. The molecule has 0 radical (unpaired) electrons. The van der Waals surface area contributed by atoms with Crippen molar-refractivity contribution in [2.75, 3.05) is 5.32 Å². The van der Waals surface area contributed by atoms with Gasteiger partial charge in [0, 0.05) is 22.8 Å². The van der Waals surface area contributed by atoms with Crippen molar-refractivity contribution in [1.82, 2.24) is 20.2 Å². The second kappa shape index (κ2) is 6.78. The van der Waals surface area contributed by atoms with Gasteiger partial charge in [0.2, 0.25) is 0 Å². The lowest BCUT2D eigenvalue weighted by atomic mass is 10.1. The number of thiazole rings is 1. The molecule has 0 amide bonds. The largest absolute Gasteiger partial charge is 0.339 e. The number of rotatable bonds is 4. The van der Waals surface area contributed by atoms with Crippen LogP contribution in [0.3, 0.4) is 0 Å². The van der Waals surface area contributed by atoms with E-state index in [9.17, 15) is 0 Å². The minimum absolute atomic E-state index is 0.718. The molecule has 25 heavy (non-hydrogen) atoms. The fraction of sp³-hybridized carbons (Fsp3) is 0.0526. The van der Waals surface area contributed by atoms with Crippen molar-refractivity contribution in [3.8, 4) is 22.0 Å². The topological polar surface area (TPSA) is 63.6 Å². The third-order valence-electron chi connectivity index (χ3n) is 3.62. The number of benzene rings is 1. The summed E-state index contributed by atoms with van der Waals surface area (Å²) in [5.74, 6) is 0.718. The van der Waals surface area contributed by atoms with Crippen LogP contribution in [0, 0.1) is 6.92 Å². The summed E-state index contributed by atoms with van der Waals surface area (Å²) < 4.78 is 0. The van der Waals surface area contributed by atoms with Crippen LogP contribution in [0.1, 0.15) is 5.69 Å². The van der Waals surface area contributed by atoms with Gasteiger partial charge in [-0.1, -0.05) is 18.2 Å². The van der Waals surface area contributed by atoms with Crippen molar-refractivity contribution in [2.45, 2.75) is 6.92 Å². The molecule has 122 valence electrons. The zero-order valence-electron chi connectivity index (χ0n) is 13.5. The fourth-order valence-corrected chi connectivity index (χ4v) is 3.19. The third-order valence-corrected chi connectivity index (χ3v) is 4.48. The molecule has 0 unspecified atom stereocenters. The highest BCUT2D eigenvalue weighted by Crippen LogP contribution is 2.29. The first-order valence-electron chi connectivity index (χ1n) is 7.83. The van der Waals surface area contributed by atoms with E-state index < -0.39 is 0 Å². The van der Waals surface area contributed by atoms with Crippen LogP contribution in [0.15, 0.2) is 66.2 Å². The molecule has 0 bridgehead atoms. The monoisotopic (exact) mass is 345 g/mol. The molecule has 4 rings (SSSR count). The van der Waals surface area contributed by atoms with E-state index in [-0.39, 0.29) is 0 Å². The zero-order valence-corrected chi connectivity index (χ0v) is 14.4. The Hall–Kier alpha value is -3.12. The molecule has 6 heteroatoms. The number of pyridine rings is 1. The van der Waals surface area contributed by atoms with Crippen LogP contribution < -0.4 is 5.32 Å². The first-order valence-corrected chi connectivity index (χ1v) is 8.71. The number of nitrogens with zero attached hydrogens (tertiary/aromatic N) is 4. The van der Waals surface area contributed by atoms with Gasteiger partial charge in [-0.2, -0.15) is 5.10 Å². The first kappa shape index (κ1) is 15.4. The Kier molecular flexibility index (Phi) is 4.18. The molecule has 0 saturated carbocycles. The van der Waals surface area contributed by atoms with Crippen molar-refractivity contribution in [2.24, 2.45) is 0 Å². The number of hydrogen-bond donors (Lipinski definition) is 1. The van der Waals surface area contributed by atoms with Crippen molar-refractivity contribution < 1.29 is 0 Å². The predicted molar refractivity (Wildman–Crippen MR) is 101 cm³/mol. The summed E-state index contributed by atoms with van der Waals surface area (Å²) >= 11 is 1.59. The summed E-state index contributed by atoms with van der Waals surface area (Å²) in [6.45, 7) is 1.92. The lowest BCUT2D eigenvalue weighted by molar-refractivity contribution is 0.986. The fourth-order valence-electron chi connectivity index (χ4n) is 2.38. The molecule has 3 aromatic heterocycles. The number of aromatic nitrogens is 4. The summed E-state index contributed by atoms with van der Waals surface area (Å²) in [5, 5.41) is 14.4. The molecule has 0 spiro atoms. The number of anilines is 2. The Morgan fingerprint density at radius 3 is 2.68 bits per heavy atom. The average Bonchev–Trinajstić information content (AvgIpc) is 3.15. The molecule has 5 nitrogen and oxygen atoms in total. The van der Waals surface area contributed by atoms with Crippen LogP contribution >= 0.6 is 11.3 Å². The van der Waals surface area contributed by atoms with Crippen LogP contribution in [-0.2, 0) is 0 Å². The van der Waals surface area contributed by atoms with Crippen LogP contribution in [0.25, 0.3) is 22.0 Å². The number of hydrogen-bond acceptors (Lipinski definition) is 6. The number of nitrogens with one attached hydrogen (secondary N) is 1. The molecule has 0 fully saturated rings. The molecule has 0 saturated heterocycles. The zero-order chi connectivity index (χ0) is 17.1. The van der Waals surface area contributed by atoms with E-state index in [1.807, 2.05) is 55.5 Å². The smallest absolute Gasteiger partial charge is 0.153 e. The lowest BCUT2D eigenvalue weighted by Crippen LogP contribution is -1.96. The Morgan fingerprint density at radius 2 is 1.88 bits per heavy atom. The van der Waals surface area contributed by atoms with E-state index in [1.54, 1.807) is 17.5 Å². The summed E-state index contributed by atoms with van der Waals surface area (Å²) in [7, 11) is 0. The lowest BCUT2D eigenvalue weighted by Gasteiger charge is -2.06. The first-order chi connectivity index (χ1) is 12.3. The quantitative estimate of drug-likeness (QED) is 0.580. The summed E-state index contributed by atoms with van der Waals surface area (Å²) in [4.78, 5) is 9.07. The van der Waals surface area contributed by atoms with Crippen LogP contribution in [0.2, 0.25) is 0 Å². The highest BCUT2D eigenvalue weighted by Gasteiger charge is 2.08. The normalized spacial score (nSPS) is 10.6. The van der Waals surface area contributed by atoms with Gasteiger partial charge < -0.3 is 5.32 Å². The highest BCUT2D eigenvalue weighted by molar-refractivity contribution is 7.13. The Morgan fingerprint density at radius 1 is 0.920 bits per heavy atom. The molecule has 4 aromatic rings. The molecule has 0 atom stereocenters. The Bertz CT molecular complexity index is 980. The maximum atomic E-state index is 4.71. The molecule has 0 aliphatic rings. The van der Waals surface area contributed by atoms with Gasteiger partial charge in [-0.15, -0.1) is 16.4 Å². The standard InChI is InChI=1S/C19H15N5S/c1-13-8-9-18(24-23-13)21-15-6-4-5-14(11-15)17-12-25-19(22-17)16-7-2-3-10-20-16/h2-12H,1H3,(H,21,24). The van der Waals surface area contributed by atoms with Gasteiger partial charge in [-0.25, -0.2) is 4.98 Å². The van der Waals surface area contributed by atoms with E-state index in [0.29, 0.717) is 0 Å². The van der Waals surface area contributed by atoms with E-state index in [0.717, 1.165) is 39.2 Å². The Labute approximate surface area is 149 Å². The summed E-state index contributed by atoms with van der Waals surface area (Å²) in [6.07, 6.45) is 1.78. The second-order valence-electron chi connectivity index (χ2n) is 5.52. The molecular formula is C19H15N5S. The van der Waals surface area contributed by atoms with Crippen LogP contribution in [0.4, 0.5) is 11.5 Å². The molecule has 1 aromatic carbocycles. The SMILES string of the molecule is Cc1ccc(Nc2cccc(-c3csc(-c4ccccn4)n3)c2)nn1. The minimum Gasteiger partial charge on any atom is -0.339 e. The maximum absolute atomic E-state index is 4.71. The van der Waals surface area contributed by atoms with Crippen molar-refractivity contribution >= 4 is 22.8 Å². The molecule has 1 N–H and O–H groups in total. The van der Waals surface area contributed by atoms with Gasteiger partial charge in [0.15, 0.2) is 5.82 Å². The maximum Gasteiger partial charge on any atom is 0.153 e. The molecule has 3 heterocycles. The summed E-state index contributed by atoms with van der Waals surface area (Å²) in [5.41, 5.74) is 4.71. The minimum atomic E-state index is 0.718. The van der Waals surface area contributed by atoms with Crippen molar-refractivity contribution in [3.63, 3.8) is 0 Å². The van der Waals surface area contributed by atoms with Crippen molar-refractivity contribution in [1.29, 1.82) is 0 Å². The van der Waals surface area contributed by atoms with Gasteiger partial charge in [-0.3, -0.25) is 4.98 Å². The van der Waals surface area contributed by atoms with Gasteiger partial charge in [0.25, 0.3) is 0 Å². The second-order valence-corrected chi connectivity index (χ2v) is 6.38. The average molecular weight is 345 g/mol. The molecular weight excluding hydrogens is 330 g/mol. The van der Waals surface area contributed by atoms with Gasteiger partial charge >= 0.3 is 0 Å². The van der Waals surface area contributed by atoms with E-state index in [1.165, 1.54) is 0 Å². The summed E-state index contributed by atoms with van der Waals surface area (Å²) in [6, 6.07) is 17.8. The van der Waals surface area contributed by atoms with Crippen LogP contribution in [-0.4, -0.2) is 20.2 Å². The predicted octanol–water partition coefficient (Wildman–Crippen LogP) is 4.71. The van der Waals surface area contributed by atoms with Crippen molar-refractivity contribution in [3.05, 3.63) is 71.9 Å². The van der Waals surface area contributed by atoms with Gasteiger partial charge in [0.05, 0.1) is 17.1 Å². The highest BCUT2D eigenvalue weighted by atomic mass is 32.1. The third kappa shape index (κ3) is 3.54. The van der Waals surface area contributed by atoms with E-state index >= 15 is 0 Å². The van der Waals surface area contributed by atoms with E-state index in [4.69, 9.17) is 4.98 Å². The van der Waals surface area contributed by atoms with Crippen LogP contribution in [0.5, 0.6) is 0 Å². The Balaban J connectivity index is 1.59. The van der Waals surface area contributed by atoms with Gasteiger partial charge in [0.1, 0.15) is 5.01 Å².